The number of carbonyl (C=O) groups excluding carboxylic acids is 1. The molecule has 6 heteroatoms. The highest BCUT2D eigenvalue weighted by molar-refractivity contribution is 5.89. The molecule has 2 N–H and O–H groups in total. The van der Waals surface area contributed by atoms with Crippen LogP contribution in [0.4, 0.5) is 14.9 Å². The Morgan fingerprint density at radius 3 is 2.32 bits per heavy atom. The Labute approximate surface area is 163 Å². The minimum atomic E-state index is -0.429. The molecule has 0 fully saturated rings. The minimum absolute atomic E-state index is 0.163. The summed E-state index contributed by atoms with van der Waals surface area (Å²) in [6, 6.07) is 22.8. The molecule has 0 aliphatic heterocycles. The van der Waals surface area contributed by atoms with Crippen LogP contribution in [-0.4, -0.2) is 19.2 Å². The molecule has 0 aliphatic rings. The SMILES string of the molecule is O=C(NCCOc1ccccc1F)Nc1ccc(OCc2ccccc2)cc1. The first-order chi connectivity index (χ1) is 13.7. The van der Waals surface area contributed by atoms with Crippen molar-refractivity contribution in [3.8, 4) is 11.5 Å². The fourth-order valence-electron chi connectivity index (χ4n) is 2.44. The Bertz CT molecular complexity index is 886. The number of hydrogen-bond acceptors (Lipinski definition) is 3. The quantitative estimate of drug-likeness (QED) is 0.561. The fraction of sp³-hybridized carbons (Fsp3) is 0.136. The van der Waals surface area contributed by atoms with Crippen LogP contribution in [0.3, 0.4) is 0 Å². The molecule has 0 saturated heterocycles. The van der Waals surface area contributed by atoms with Crippen molar-refractivity contribution in [3.05, 3.63) is 90.2 Å². The second kappa shape index (κ2) is 9.97. The first-order valence-corrected chi connectivity index (χ1v) is 8.90. The molecule has 3 aromatic carbocycles. The largest absolute Gasteiger partial charge is 0.489 e. The standard InChI is InChI=1S/C22H21FN2O3/c23-20-8-4-5-9-21(20)27-15-14-24-22(26)25-18-10-12-19(13-11-18)28-16-17-6-2-1-3-7-17/h1-13H,14-16H2,(H2,24,25,26). The molecule has 0 unspecified atom stereocenters. The van der Waals surface area contributed by atoms with Gasteiger partial charge in [0.25, 0.3) is 0 Å². The van der Waals surface area contributed by atoms with E-state index in [-0.39, 0.29) is 24.9 Å². The molecule has 0 heterocycles. The zero-order chi connectivity index (χ0) is 19.6. The first kappa shape index (κ1) is 19.2. The van der Waals surface area contributed by atoms with Gasteiger partial charge in [0.05, 0.1) is 6.54 Å². The molecule has 0 radical (unpaired) electrons. The summed E-state index contributed by atoms with van der Waals surface area (Å²) in [5, 5.41) is 5.37. The first-order valence-electron chi connectivity index (χ1n) is 8.90. The number of hydrogen-bond donors (Lipinski definition) is 2. The summed E-state index contributed by atoms with van der Waals surface area (Å²) >= 11 is 0. The van der Waals surface area contributed by atoms with E-state index in [1.807, 2.05) is 30.3 Å². The number of nitrogens with one attached hydrogen (secondary N) is 2. The van der Waals surface area contributed by atoms with Crippen molar-refractivity contribution in [3.63, 3.8) is 0 Å². The maximum absolute atomic E-state index is 13.4. The van der Waals surface area contributed by atoms with Gasteiger partial charge >= 0.3 is 6.03 Å². The monoisotopic (exact) mass is 380 g/mol. The van der Waals surface area contributed by atoms with Crippen molar-refractivity contribution in [2.24, 2.45) is 0 Å². The van der Waals surface area contributed by atoms with Crippen LogP contribution in [0.2, 0.25) is 0 Å². The van der Waals surface area contributed by atoms with Crippen LogP contribution < -0.4 is 20.1 Å². The minimum Gasteiger partial charge on any atom is -0.489 e. The lowest BCUT2D eigenvalue weighted by atomic mass is 10.2. The van der Waals surface area contributed by atoms with E-state index in [1.165, 1.54) is 12.1 Å². The molecule has 0 atom stereocenters. The van der Waals surface area contributed by atoms with Crippen LogP contribution >= 0.6 is 0 Å². The number of benzene rings is 3. The number of ether oxygens (including phenoxy) is 2. The van der Waals surface area contributed by atoms with Crippen LogP contribution in [-0.2, 0) is 6.61 Å². The summed E-state index contributed by atoms with van der Waals surface area (Å²) in [5.41, 5.74) is 1.72. The normalized spacial score (nSPS) is 10.2. The van der Waals surface area contributed by atoms with E-state index in [9.17, 15) is 9.18 Å². The van der Waals surface area contributed by atoms with Gasteiger partial charge in [0.1, 0.15) is 19.0 Å². The number of rotatable bonds is 8. The summed E-state index contributed by atoms with van der Waals surface area (Å²) in [5.74, 6) is 0.449. The fourth-order valence-corrected chi connectivity index (χ4v) is 2.44. The molecule has 3 aromatic rings. The molecule has 0 saturated carbocycles. The highest BCUT2D eigenvalue weighted by atomic mass is 19.1. The molecule has 5 nitrogen and oxygen atoms in total. The predicted molar refractivity (Wildman–Crippen MR) is 106 cm³/mol. The van der Waals surface area contributed by atoms with E-state index in [0.29, 0.717) is 18.0 Å². The van der Waals surface area contributed by atoms with Crippen molar-refractivity contribution in [1.29, 1.82) is 0 Å². The summed E-state index contributed by atoms with van der Waals surface area (Å²) < 4.78 is 24.4. The third-order valence-corrected chi connectivity index (χ3v) is 3.84. The van der Waals surface area contributed by atoms with Gasteiger partial charge in [0.2, 0.25) is 0 Å². The Morgan fingerprint density at radius 2 is 1.57 bits per heavy atom. The van der Waals surface area contributed by atoms with E-state index in [4.69, 9.17) is 9.47 Å². The van der Waals surface area contributed by atoms with Crippen molar-refractivity contribution in [1.82, 2.24) is 5.32 Å². The maximum atomic E-state index is 13.4. The third-order valence-electron chi connectivity index (χ3n) is 3.84. The van der Waals surface area contributed by atoms with Gasteiger partial charge in [-0.3, -0.25) is 0 Å². The molecular weight excluding hydrogens is 359 g/mol. The molecule has 3 rings (SSSR count). The molecule has 0 bridgehead atoms. The van der Waals surface area contributed by atoms with Gasteiger partial charge in [-0.05, 0) is 42.0 Å². The van der Waals surface area contributed by atoms with Crippen molar-refractivity contribution in [2.45, 2.75) is 6.61 Å². The smallest absolute Gasteiger partial charge is 0.319 e. The summed E-state index contributed by atoms with van der Waals surface area (Å²) in [7, 11) is 0. The van der Waals surface area contributed by atoms with Crippen LogP contribution in [0.25, 0.3) is 0 Å². The predicted octanol–water partition coefficient (Wildman–Crippen LogP) is 4.61. The molecular formula is C22H21FN2O3. The second-order valence-corrected chi connectivity index (χ2v) is 5.96. The van der Waals surface area contributed by atoms with Crippen LogP contribution in [0, 0.1) is 5.82 Å². The number of carbonyl (C=O) groups is 1. The lowest BCUT2D eigenvalue weighted by Gasteiger charge is -2.10. The van der Waals surface area contributed by atoms with Gasteiger partial charge in [-0.25, -0.2) is 9.18 Å². The van der Waals surface area contributed by atoms with E-state index in [0.717, 1.165) is 5.56 Å². The number of amides is 2. The van der Waals surface area contributed by atoms with E-state index in [1.54, 1.807) is 36.4 Å². The average Bonchev–Trinajstić information content (AvgIpc) is 2.73. The Morgan fingerprint density at radius 1 is 0.857 bits per heavy atom. The molecule has 28 heavy (non-hydrogen) atoms. The van der Waals surface area contributed by atoms with Gasteiger partial charge < -0.3 is 20.1 Å². The number of urea groups is 1. The molecule has 0 aromatic heterocycles. The highest BCUT2D eigenvalue weighted by Crippen LogP contribution is 2.17. The van der Waals surface area contributed by atoms with Crippen molar-refractivity contribution < 1.29 is 18.7 Å². The maximum Gasteiger partial charge on any atom is 0.319 e. The second-order valence-electron chi connectivity index (χ2n) is 5.96. The zero-order valence-corrected chi connectivity index (χ0v) is 15.2. The summed E-state index contributed by atoms with van der Waals surface area (Å²) in [6.07, 6.45) is 0. The van der Waals surface area contributed by atoms with Crippen molar-refractivity contribution in [2.75, 3.05) is 18.5 Å². The molecule has 0 spiro atoms. The van der Waals surface area contributed by atoms with Gasteiger partial charge in [-0.15, -0.1) is 0 Å². The van der Waals surface area contributed by atoms with Crippen molar-refractivity contribution >= 4 is 11.7 Å². The third kappa shape index (κ3) is 6.02. The van der Waals surface area contributed by atoms with Gasteiger partial charge in [-0.2, -0.15) is 0 Å². The van der Waals surface area contributed by atoms with Gasteiger partial charge in [0, 0.05) is 5.69 Å². The van der Waals surface area contributed by atoms with Gasteiger partial charge in [0.15, 0.2) is 11.6 Å². The number of anilines is 1. The topological polar surface area (TPSA) is 59.6 Å². The zero-order valence-electron chi connectivity index (χ0n) is 15.2. The van der Waals surface area contributed by atoms with E-state index >= 15 is 0 Å². The highest BCUT2D eigenvalue weighted by Gasteiger charge is 2.04. The number of para-hydroxylation sites is 1. The molecule has 2 amide bonds. The summed E-state index contributed by atoms with van der Waals surface area (Å²) in [6.45, 7) is 0.898. The van der Waals surface area contributed by atoms with Crippen LogP contribution in [0.5, 0.6) is 11.5 Å². The molecule has 144 valence electrons. The molecule has 0 aliphatic carbocycles. The Hall–Kier alpha value is -3.54. The van der Waals surface area contributed by atoms with E-state index in [2.05, 4.69) is 10.6 Å². The van der Waals surface area contributed by atoms with Gasteiger partial charge in [-0.1, -0.05) is 42.5 Å². The lowest BCUT2D eigenvalue weighted by molar-refractivity contribution is 0.246. The summed E-state index contributed by atoms with van der Waals surface area (Å²) in [4.78, 5) is 11.9. The van der Waals surface area contributed by atoms with E-state index < -0.39 is 5.82 Å². The average molecular weight is 380 g/mol. The Kier molecular flexibility index (Phi) is 6.84. The number of halogens is 1. The van der Waals surface area contributed by atoms with Crippen LogP contribution in [0.15, 0.2) is 78.9 Å². The Balaban J connectivity index is 1.37. The van der Waals surface area contributed by atoms with Crippen LogP contribution in [0.1, 0.15) is 5.56 Å². The lowest BCUT2D eigenvalue weighted by Crippen LogP contribution is -2.32.